The smallest absolute Gasteiger partial charge is 0.337 e. The molecular formula is C25H30N2O5. The average molecular weight is 439 g/mol. The average Bonchev–Trinajstić information content (AvgIpc) is 2.83. The maximum atomic E-state index is 13.3. The van der Waals surface area contributed by atoms with E-state index in [2.05, 4.69) is 12.2 Å². The lowest BCUT2D eigenvalue weighted by atomic mass is 9.83. The van der Waals surface area contributed by atoms with Gasteiger partial charge in [-0.15, -0.1) is 0 Å². The van der Waals surface area contributed by atoms with E-state index in [0.29, 0.717) is 30.6 Å². The maximum absolute atomic E-state index is 13.3. The second-order valence-corrected chi connectivity index (χ2v) is 7.86. The molecule has 170 valence electrons. The monoisotopic (exact) mass is 438 g/mol. The molecule has 1 heterocycles. The summed E-state index contributed by atoms with van der Waals surface area (Å²) in [6.45, 7) is 2.70. The zero-order chi connectivity index (χ0) is 23.1. The van der Waals surface area contributed by atoms with Gasteiger partial charge in [0, 0.05) is 18.7 Å². The summed E-state index contributed by atoms with van der Waals surface area (Å²) >= 11 is 0. The standard InChI is InChI=1S/C25H30N2O5/c1-4-5-16-27-22(28)15-14-21(23(27)17-8-12-20(31-2)13-9-17)24(29)26-19-10-6-18(7-11-19)25(30)32-3/h6-13,21,23H,4-5,14-16H2,1-3H3,(H,26,29). The summed E-state index contributed by atoms with van der Waals surface area (Å²) in [6, 6.07) is 13.8. The molecule has 2 atom stereocenters. The van der Waals surface area contributed by atoms with Crippen LogP contribution in [-0.4, -0.2) is 43.4 Å². The SMILES string of the molecule is CCCCN1C(=O)CCC(C(=O)Nc2ccc(C(=O)OC)cc2)C1c1ccc(OC)cc1. The van der Waals surface area contributed by atoms with Crippen LogP contribution in [0.1, 0.15) is 54.6 Å². The van der Waals surface area contributed by atoms with Crippen molar-refractivity contribution in [1.82, 2.24) is 4.90 Å². The number of piperidine rings is 1. The molecule has 1 saturated heterocycles. The van der Waals surface area contributed by atoms with Gasteiger partial charge in [0.2, 0.25) is 11.8 Å². The van der Waals surface area contributed by atoms with Crippen molar-refractivity contribution in [3.63, 3.8) is 0 Å². The van der Waals surface area contributed by atoms with Crippen LogP contribution in [-0.2, 0) is 14.3 Å². The molecule has 0 aromatic heterocycles. The first-order chi connectivity index (χ1) is 15.5. The lowest BCUT2D eigenvalue weighted by Crippen LogP contribution is -2.47. The maximum Gasteiger partial charge on any atom is 0.337 e. The van der Waals surface area contributed by atoms with Crippen LogP contribution in [0.5, 0.6) is 5.75 Å². The van der Waals surface area contributed by atoms with Crippen molar-refractivity contribution in [3.8, 4) is 5.75 Å². The van der Waals surface area contributed by atoms with Crippen LogP contribution in [0.3, 0.4) is 0 Å². The predicted molar refractivity (Wildman–Crippen MR) is 121 cm³/mol. The Morgan fingerprint density at radius 3 is 2.34 bits per heavy atom. The highest BCUT2D eigenvalue weighted by Gasteiger charge is 2.40. The molecule has 2 unspecified atom stereocenters. The molecule has 1 aliphatic heterocycles. The van der Waals surface area contributed by atoms with E-state index in [0.717, 1.165) is 24.2 Å². The Hall–Kier alpha value is -3.35. The number of amides is 2. The molecular weight excluding hydrogens is 408 g/mol. The molecule has 2 amide bonds. The van der Waals surface area contributed by atoms with Gasteiger partial charge in [-0.05, 0) is 54.8 Å². The normalized spacial score (nSPS) is 18.2. The molecule has 0 saturated carbocycles. The minimum atomic E-state index is -0.431. The third-order valence-corrected chi connectivity index (χ3v) is 5.83. The van der Waals surface area contributed by atoms with Crippen molar-refractivity contribution in [3.05, 3.63) is 59.7 Å². The molecule has 0 spiro atoms. The Morgan fingerprint density at radius 1 is 1.06 bits per heavy atom. The Kier molecular flexibility index (Phi) is 7.87. The number of unbranched alkanes of at least 4 members (excludes halogenated alkanes) is 1. The molecule has 7 nitrogen and oxygen atoms in total. The molecule has 32 heavy (non-hydrogen) atoms. The van der Waals surface area contributed by atoms with Crippen LogP contribution in [0.2, 0.25) is 0 Å². The predicted octanol–water partition coefficient (Wildman–Crippen LogP) is 4.20. The van der Waals surface area contributed by atoms with Crippen molar-refractivity contribution >= 4 is 23.5 Å². The molecule has 1 fully saturated rings. The molecule has 2 aromatic rings. The van der Waals surface area contributed by atoms with Crippen LogP contribution < -0.4 is 10.1 Å². The minimum absolute atomic E-state index is 0.0748. The molecule has 1 aliphatic rings. The Balaban J connectivity index is 1.86. The number of nitrogens with one attached hydrogen (secondary N) is 1. The summed E-state index contributed by atoms with van der Waals surface area (Å²) in [6.07, 6.45) is 2.66. The number of carbonyl (C=O) groups excluding carboxylic acids is 3. The van der Waals surface area contributed by atoms with Gasteiger partial charge >= 0.3 is 5.97 Å². The lowest BCUT2D eigenvalue weighted by molar-refractivity contribution is -0.142. The first-order valence-electron chi connectivity index (χ1n) is 10.9. The van der Waals surface area contributed by atoms with Gasteiger partial charge in [-0.2, -0.15) is 0 Å². The Labute approximate surface area is 188 Å². The molecule has 0 aliphatic carbocycles. The van der Waals surface area contributed by atoms with E-state index in [9.17, 15) is 14.4 Å². The summed E-state index contributed by atoms with van der Waals surface area (Å²) in [7, 11) is 2.93. The van der Waals surface area contributed by atoms with Gasteiger partial charge < -0.3 is 19.7 Å². The number of rotatable bonds is 8. The van der Waals surface area contributed by atoms with Crippen LogP contribution in [0, 0.1) is 5.92 Å². The highest BCUT2D eigenvalue weighted by atomic mass is 16.5. The summed E-state index contributed by atoms with van der Waals surface area (Å²) in [4.78, 5) is 39.6. The van der Waals surface area contributed by atoms with E-state index < -0.39 is 11.9 Å². The first-order valence-corrected chi connectivity index (χ1v) is 10.9. The molecule has 2 aromatic carbocycles. The topological polar surface area (TPSA) is 84.9 Å². The molecule has 0 radical (unpaired) electrons. The second-order valence-electron chi connectivity index (χ2n) is 7.86. The number of hydrogen-bond donors (Lipinski definition) is 1. The van der Waals surface area contributed by atoms with E-state index in [1.54, 1.807) is 31.4 Å². The van der Waals surface area contributed by atoms with Gasteiger partial charge in [-0.25, -0.2) is 4.79 Å². The third kappa shape index (κ3) is 5.28. The quantitative estimate of drug-likeness (QED) is 0.625. The number of likely N-dealkylation sites (tertiary alicyclic amines) is 1. The van der Waals surface area contributed by atoms with E-state index in [-0.39, 0.29) is 17.9 Å². The van der Waals surface area contributed by atoms with Crippen LogP contribution >= 0.6 is 0 Å². The lowest BCUT2D eigenvalue weighted by Gasteiger charge is -2.41. The number of esters is 1. The van der Waals surface area contributed by atoms with Crippen LogP contribution in [0.4, 0.5) is 5.69 Å². The van der Waals surface area contributed by atoms with Gasteiger partial charge in [0.1, 0.15) is 5.75 Å². The molecule has 7 heteroatoms. The highest BCUT2D eigenvalue weighted by molar-refractivity contribution is 5.95. The third-order valence-electron chi connectivity index (χ3n) is 5.83. The summed E-state index contributed by atoms with van der Waals surface area (Å²) in [5.41, 5.74) is 1.92. The summed E-state index contributed by atoms with van der Waals surface area (Å²) < 4.78 is 9.98. The molecule has 1 N–H and O–H groups in total. The number of nitrogens with zero attached hydrogens (tertiary/aromatic N) is 1. The van der Waals surface area contributed by atoms with E-state index in [1.165, 1.54) is 7.11 Å². The molecule has 0 bridgehead atoms. The van der Waals surface area contributed by atoms with Gasteiger partial charge in [-0.3, -0.25) is 9.59 Å². The van der Waals surface area contributed by atoms with Gasteiger partial charge in [0.15, 0.2) is 0 Å². The van der Waals surface area contributed by atoms with Gasteiger partial charge in [0.05, 0.1) is 31.7 Å². The Bertz CT molecular complexity index is 940. The largest absolute Gasteiger partial charge is 0.497 e. The number of carbonyl (C=O) groups is 3. The van der Waals surface area contributed by atoms with Gasteiger partial charge in [-0.1, -0.05) is 25.5 Å². The fourth-order valence-corrected chi connectivity index (χ4v) is 4.08. The zero-order valence-electron chi connectivity index (χ0n) is 18.8. The van der Waals surface area contributed by atoms with Crippen molar-refractivity contribution in [1.29, 1.82) is 0 Å². The van der Waals surface area contributed by atoms with Crippen LogP contribution in [0.15, 0.2) is 48.5 Å². The van der Waals surface area contributed by atoms with Crippen LogP contribution in [0.25, 0.3) is 0 Å². The van der Waals surface area contributed by atoms with Crippen molar-refractivity contribution in [2.45, 2.75) is 38.6 Å². The van der Waals surface area contributed by atoms with E-state index in [1.807, 2.05) is 29.2 Å². The second kappa shape index (κ2) is 10.8. The fourth-order valence-electron chi connectivity index (χ4n) is 4.08. The van der Waals surface area contributed by atoms with Crippen molar-refractivity contribution < 1.29 is 23.9 Å². The summed E-state index contributed by atoms with van der Waals surface area (Å²) in [5.74, 6) is -0.169. The number of methoxy groups -OCH3 is 2. The highest BCUT2D eigenvalue weighted by Crippen LogP contribution is 2.38. The fraction of sp³-hybridized carbons (Fsp3) is 0.400. The van der Waals surface area contributed by atoms with Crippen molar-refractivity contribution in [2.24, 2.45) is 5.92 Å². The van der Waals surface area contributed by atoms with E-state index in [4.69, 9.17) is 9.47 Å². The number of ether oxygens (including phenoxy) is 2. The van der Waals surface area contributed by atoms with Gasteiger partial charge in [0.25, 0.3) is 0 Å². The minimum Gasteiger partial charge on any atom is -0.497 e. The zero-order valence-corrected chi connectivity index (χ0v) is 18.8. The van der Waals surface area contributed by atoms with E-state index >= 15 is 0 Å². The number of anilines is 1. The summed E-state index contributed by atoms with van der Waals surface area (Å²) in [5, 5.41) is 2.96. The molecule has 3 rings (SSSR count). The van der Waals surface area contributed by atoms with Crippen molar-refractivity contribution in [2.75, 3.05) is 26.1 Å². The Morgan fingerprint density at radius 2 is 1.75 bits per heavy atom. The first kappa shape index (κ1) is 23.3. The number of benzene rings is 2. The number of hydrogen-bond acceptors (Lipinski definition) is 5.